The number of nitrogens with zero attached hydrogens (tertiary/aromatic N) is 3. The molecule has 11 rings (SSSR count). The summed E-state index contributed by atoms with van der Waals surface area (Å²) in [5.74, 6) is 2.82. The molecule has 254 valence electrons. The van der Waals surface area contributed by atoms with Crippen molar-refractivity contribution in [1.82, 2.24) is 15.0 Å². The lowest BCUT2D eigenvalue weighted by Crippen LogP contribution is -2.01. The smallest absolute Gasteiger partial charge is 0.164 e. The largest absolute Gasteiger partial charge is 0.460 e. The van der Waals surface area contributed by atoms with E-state index in [0.29, 0.717) is 17.5 Å². The van der Waals surface area contributed by atoms with Crippen LogP contribution in [0.15, 0.2) is 167 Å². The molecule has 5 nitrogen and oxygen atoms in total. The number of hydrogen-bond acceptors (Lipinski definition) is 5. The number of aromatic nitrogens is 3. The quantitative estimate of drug-likeness (QED) is 0.179. The molecule has 1 aliphatic rings. The molecule has 0 amide bonds. The second-order valence-electron chi connectivity index (χ2n) is 13.8. The highest BCUT2D eigenvalue weighted by atomic mass is 16.3. The van der Waals surface area contributed by atoms with E-state index >= 15 is 0 Å². The third kappa shape index (κ3) is 4.97. The number of furan rings is 2. The second kappa shape index (κ2) is 12.2. The van der Waals surface area contributed by atoms with E-state index in [-0.39, 0.29) is 0 Å². The Bertz CT molecular complexity index is 3100. The van der Waals surface area contributed by atoms with Crippen LogP contribution in [-0.2, 0) is 6.42 Å². The van der Waals surface area contributed by atoms with Crippen molar-refractivity contribution < 1.29 is 8.83 Å². The van der Waals surface area contributed by atoms with Gasteiger partial charge in [0.2, 0.25) is 0 Å². The van der Waals surface area contributed by atoms with E-state index in [0.717, 1.165) is 95.7 Å². The molecule has 54 heavy (non-hydrogen) atoms. The van der Waals surface area contributed by atoms with Gasteiger partial charge in [0.1, 0.15) is 22.5 Å². The number of benzene rings is 7. The van der Waals surface area contributed by atoms with Crippen LogP contribution in [-0.4, -0.2) is 15.0 Å². The summed E-state index contributed by atoms with van der Waals surface area (Å²) >= 11 is 0. The molecule has 1 aliphatic carbocycles. The van der Waals surface area contributed by atoms with Crippen LogP contribution in [0.1, 0.15) is 17.7 Å². The van der Waals surface area contributed by atoms with Crippen molar-refractivity contribution in [3.05, 3.63) is 169 Å². The maximum Gasteiger partial charge on any atom is 0.164 e. The van der Waals surface area contributed by atoms with Gasteiger partial charge in [0.05, 0.1) is 0 Å². The molecule has 0 N–H and O–H groups in total. The van der Waals surface area contributed by atoms with Gasteiger partial charge in [0.25, 0.3) is 0 Å². The monoisotopic (exact) mass is 693 g/mol. The molecular formula is C49H31N3O2. The molecule has 0 saturated heterocycles. The first-order chi connectivity index (χ1) is 26.7. The van der Waals surface area contributed by atoms with Crippen molar-refractivity contribution in [2.24, 2.45) is 0 Å². The maximum absolute atomic E-state index is 6.84. The van der Waals surface area contributed by atoms with Gasteiger partial charge in [-0.1, -0.05) is 127 Å². The van der Waals surface area contributed by atoms with E-state index < -0.39 is 0 Å². The molecule has 0 spiro atoms. The minimum Gasteiger partial charge on any atom is -0.460 e. The lowest BCUT2D eigenvalue weighted by atomic mass is 9.93. The van der Waals surface area contributed by atoms with Crippen LogP contribution in [0.4, 0.5) is 0 Å². The summed E-state index contributed by atoms with van der Waals surface area (Å²) in [5, 5.41) is 5.45. The Kier molecular flexibility index (Phi) is 6.92. The van der Waals surface area contributed by atoms with Crippen molar-refractivity contribution in [2.75, 3.05) is 0 Å². The first-order valence-electron chi connectivity index (χ1n) is 18.3. The fourth-order valence-corrected chi connectivity index (χ4v) is 7.99. The van der Waals surface area contributed by atoms with Crippen LogP contribution >= 0.6 is 0 Å². The van der Waals surface area contributed by atoms with Gasteiger partial charge in [-0.15, -0.1) is 0 Å². The fourth-order valence-electron chi connectivity index (χ4n) is 7.99. The van der Waals surface area contributed by atoms with Gasteiger partial charge in [-0.3, -0.25) is 0 Å². The molecular weight excluding hydrogens is 663 g/mol. The SMILES string of the molecule is C1=Cc2c(oc3c(-c4cccc5oc6ccccc6c45)ccc(-c4nc(-c5ccccc5)nc(-c5ccc6cc(-c7ccccc7)ccc6c5)n4)c23)CC1. The minimum atomic E-state index is 0.601. The molecule has 3 heterocycles. The Hall–Kier alpha value is -7.11. The number of hydrogen-bond donors (Lipinski definition) is 0. The summed E-state index contributed by atoms with van der Waals surface area (Å²) in [6.07, 6.45) is 6.19. The molecule has 0 radical (unpaired) electrons. The van der Waals surface area contributed by atoms with E-state index in [9.17, 15) is 0 Å². The van der Waals surface area contributed by atoms with E-state index in [1.807, 2.05) is 54.6 Å². The zero-order chi connectivity index (χ0) is 35.6. The first kappa shape index (κ1) is 30.5. The van der Waals surface area contributed by atoms with Gasteiger partial charge in [0, 0.05) is 50.4 Å². The van der Waals surface area contributed by atoms with Gasteiger partial charge in [-0.05, 0) is 70.3 Å². The van der Waals surface area contributed by atoms with Crippen molar-refractivity contribution >= 4 is 49.8 Å². The predicted octanol–water partition coefficient (Wildman–Crippen LogP) is 13.0. The molecule has 0 fully saturated rings. The van der Waals surface area contributed by atoms with E-state index in [1.165, 1.54) is 11.1 Å². The van der Waals surface area contributed by atoms with Crippen LogP contribution in [0.25, 0.3) is 106 Å². The Morgan fingerprint density at radius 3 is 1.94 bits per heavy atom. The average molecular weight is 694 g/mol. The van der Waals surface area contributed by atoms with E-state index in [1.54, 1.807) is 0 Å². The molecule has 0 aliphatic heterocycles. The van der Waals surface area contributed by atoms with E-state index in [4.69, 9.17) is 23.8 Å². The van der Waals surface area contributed by atoms with Crippen LogP contribution in [0.2, 0.25) is 0 Å². The van der Waals surface area contributed by atoms with E-state index in [2.05, 4.69) is 109 Å². The van der Waals surface area contributed by atoms with Gasteiger partial charge in [0.15, 0.2) is 17.5 Å². The maximum atomic E-state index is 6.84. The Balaban J connectivity index is 1.12. The number of para-hydroxylation sites is 1. The Labute approximate surface area is 310 Å². The molecule has 3 aromatic heterocycles. The summed E-state index contributed by atoms with van der Waals surface area (Å²) in [6.45, 7) is 0. The Morgan fingerprint density at radius 1 is 0.444 bits per heavy atom. The van der Waals surface area contributed by atoms with Crippen molar-refractivity contribution in [3.63, 3.8) is 0 Å². The minimum absolute atomic E-state index is 0.601. The summed E-state index contributed by atoms with van der Waals surface area (Å²) in [7, 11) is 0. The van der Waals surface area contributed by atoms with Gasteiger partial charge >= 0.3 is 0 Å². The zero-order valence-electron chi connectivity index (χ0n) is 29.2. The third-order valence-electron chi connectivity index (χ3n) is 10.6. The Morgan fingerprint density at radius 2 is 1.11 bits per heavy atom. The molecule has 5 heteroatoms. The number of allylic oxidation sites excluding steroid dienone is 1. The number of aryl methyl sites for hydroxylation is 1. The van der Waals surface area contributed by atoms with Crippen molar-refractivity contribution in [1.29, 1.82) is 0 Å². The normalized spacial score (nSPS) is 12.6. The second-order valence-corrected chi connectivity index (χ2v) is 13.8. The molecule has 7 aromatic carbocycles. The molecule has 0 saturated carbocycles. The lowest BCUT2D eigenvalue weighted by Gasteiger charge is -2.12. The van der Waals surface area contributed by atoms with Crippen molar-refractivity contribution in [2.45, 2.75) is 12.8 Å². The molecule has 0 atom stereocenters. The first-order valence-corrected chi connectivity index (χ1v) is 18.3. The van der Waals surface area contributed by atoms with Crippen molar-refractivity contribution in [3.8, 4) is 56.4 Å². The number of fused-ring (bicyclic) bond motifs is 7. The van der Waals surface area contributed by atoms with Gasteiger partial charge in [-0.25, -0.2) is 15.0 Å². The predicted molar refractivity (Wildman–Crippen MR) is 219 cm³/mol. The van der Waals surface area contributed by atoms with Crippen LogP contribution in [0, 0.1) is 0 Å². The van der Waals surface area contributed by atoms with Gasteiger partial charge < -0.3 is 8.83 Å². The fraction of sp³-hybridized carbons (Fsp3) is 0.0408. The topological polar surface area (TPSA) is 65.0 Å². The van der Waals surface area contributed by atoms with Crippen LogP contribution < -0.4 is 0 Å². The van der Waals surface area contributed by atoms with Gasteiger partial charge in [-0.2, -0.15) is 0 Å². The highest BCUT2D eigenvalue weighted by molar-refractivity contribution is 6.16. The highest BCUT2D eigenvalue weighted by Crippen LogP contribution is 2.45. The standard InChI is InChI=1S/C49H31N3O2/c1-3-12-30(13-4-1)32-22-23-34-29-35(25-24-33(34)28-32)48-50-47(31-14-5-2-6-15-31)51-49(52-48)40-27-26-37(46-45(40)39-17-8-10-20-42(39)54-46)36-18-11-21-43-44(36)38-16-7-9-19-41(38)53-43/h1-9,11-19,21-29H,10,20H2. The molecule has 10 aromatic rings. The molecule has 0 unspecified atom stereocenters. The van der Waals surface area contributed by atoms with Crippen LogP contribution in [0.3, 0.4) is 0 Å². The summed E-state index contributed by atoms with van der Waals surface area (Å²) in [6, 6.07) is 52.4. The number of rotatable bonds is 5. The molecule has 0 bridgehead atoms. The summed E-state index contributed by atoms with van der Waals surface area (Å²) in [4.78, 5) is 15.5. The summed E-state index contributed by atoms with van der Waals surface area (Å²) in [5.41, 5.74) is 10.8. The van der Waals surface area contributed by atoms with Crippen LogP contribution in [0.5, 0.6) is 0 Å². The summed E-state index contributed by atoms with van der Waals surface area (Å²) < 4.78 is 13.1. The lowest BCUT2D eigenvalue weighted by molar-refractivity contribution is 0.547. The highest BCUT2D eigenvalue weighted by Gasteiger charge is 2.25. The average Bonchev–Trinajstić information content (AvgIpc) is 3.83. The zero-order valence-corrected chi connectivity index (χ0v) is 29.2. The third-order valence-corrected chi connectivity index (χ3v) is 10.6.